The molecule has 0 aromatic heterocycles. The van der Waals surface area contributed by atoms with E-state index in [1.54, 1.807) is 0 Å². The molecule has 0 nitrogen and oxygen atoms in total. The van der Waals surface area contributed by atoms with Crippen LogP contribution in [0.1, 0.15) is 11.1 Å². The van der Waals surface area contributed by atoms with Crippen LogP contribution in [0.4, 0.5) is 0 Å². The lowest BCUT2D eigenvalue weighted by molar-refractivity contribution is 1.02. The molecule has 0 bridgehead atoms. The van der Waals surface area contributed by atoms with E-state index in [9.17, 15) is 0 Å². The molecule has 0 fully saturated rings. The van der Waals surface area contributed by atoms with E-state index in [1.807, 2.05) is 0 Å². The molecule has 0 N–H and O–H groups in total. The van der Waals surface area contributed by atoms with E-state index < -0.39 is 0 Å². The number of rotatable bonds is 2. The maximum atomic E-state index is 2.46. The van der Waals surface area contributed by atoms with Crippen molar-refractivity contribution in [3.8, 4) is 89.0 Å². The summed E-state index contributed by atoms with van der Waals surface area (Å²) in [4.78, 5) is 0. The minimum absolute atomic E-state index is 1.12. The Morgan fingerprint density at radius 3 is 1.02 bits per heavy atom. The van der Waals surface area contributed by atoms with Crippen LogP contribution < -0.4 is 0 Å². The Bertz CT molecular complexity index is 3150. The van der Waals surface area contributed by atoms with Crippen molar-refractivity contribution >= 4 is 43.1 Å². The summed E-state index contributed by atoms with van der Waals surface area (Å²) in [6.45, 7) is 0. The highest BCUT2D eigenvalue weighted by Gasteiger charge is 2.35. The van der Waals surface area contributed by atoms with E-state index in [1.165, 1.54) is 143 Å². The summed E-state index contributed by atoms with van der Waals surface area (Å²) in [5, 5.41) is 11.0. The first-order chi connectivity index (χ1) is 26.8. The summed E-state index contributed by atoms with van der Waals surface area (Å²) < 4.78 is 0. The standard InChI is InChI=1S/C54H30/c1-3-11-33-31(9-1)35-15-7-17-37-43(27-25-41(33)48(35)37)50-39-13-5-6-14-40(39)51(54-46-24-22-30-20-19-29-21-23-45(53(50)54)52(46)47(29)30)44-28-26-42-34-12-4-2-10-32(34)36-16-8-18-38(44)49(36)42/h1-18,21-28H,19-20H2. The van der Waals surface area contributed by atoms with Gasteiger partial charge in [-0.25, -0.2) is 0 Å². The summed E-state index contributed by atoms with van der Waals surface area (Å²) in [6, 6.07) is 60.5. The average molecular weight is 679 g/mol. The molecule has 0 saturated heterocycles. The lowest BCUT2D eigenvalue weighted by Crippen LogP contribution is -1.95. The van der Waals surface area contributed by atoms with Gasteiger partial charge >= 0.3 is 0 Å². The molecule has 0 heterocycles. The zero-order valence-electron chi connectivity index (χ0n) is 29.4. The lowest BCUT2D eigenvalue weighted by Gasteiger charge is -2.22. The van der Waals surface area contributed by atoms with Gasteiger partial charge in [0.1, 0.15) is 0 Å². The van der Waals surface area contributed by atoms with Gasteiger partial charge in [0.2, 0.25) is 0 Å². The van der Waals surface area contributed by atoms with Crippen molar-refractivity contribution in [3.63, 3.8) is 0 Å². The lowest BCUT2D eigenvalue weighted by atomic mass is 9.80. The van der Waals surface area contributed by atoms with Gasteiger partial charge in [0, 0.05) is 0 Å². The van der Waals surface area contributed by atoms with Gasteiger partial charge in [-0.15, -0.1) is 0 Å². The molecule has 14 rings (SSSR count). The van der Waals surface area contributed by atoms with E-state index in [2.05, 4.69) is 158 Å². The van der Waals surface area contributed by atoms with E-state index >= 15 is 0 Å². The number of aryl methyl sites for hydroxylation is 2. The zero-order valence-corrected chi connectivity index (χ0v) is 29.4. The number of hydrogen-bond donors (Lipinski definition) is 0. The maximum absolute atomic E-state index is 2.46. The van der Waals surface area contributed by atoms with Crippen LogP contribution in [0.25, 0.3) is 132 Å². The van der Waals surface area contributed by atoms with Crippen molar-refractivity contribution in [2.24, 2.45) is 0 Å². The molecule has 0 spiro atoms. The smallest absolute Gasteiger partial charge is 0.000718 e. The van der Waals surface area contributed by atoms with Gasteiger partial charge in [-0.1, -0.05) is 158 Å². The molecular formula is C54H30. The minimum atomic E-state index is 1.12. The Labute approximate surface area is 312 Å². The van der Waals surface area contributed by atoms with Crippen LogP contribution in [0.15, 0.2) is 158 Å². The Morgan fingerprint density at radius 1 is 0.204 bits per heavy atom. The molecule has 54 heavy (non-hydrogen) atoms. The van der Waals surface area contributed by atoms with Gasteiger partial charge in [-0.3, -0.25) is 0 Å². The van der Waals surface area contributed by atoms with Crippen LogP contribution in [-0.4, -0.2) is 0 Å². The van der Waals surface area contributed by atoms with Crippen LogP contribution >= 0.6 is 0 Å². The maximum Gasteiger partial charge on any atom is -0.000718 e. The van der Waals surface area contributed by atoms with Gasteiger partial charge in [0.25, 0.3) is 0 Å². The monoisotopic (exact) mass is 678 g/mol. The summed E-state index contributed by atoms with van der Waals surface area (Å²) >= 11 is 0. The summed E-state index contributed by atoms with van der Waals surface area (Å²) in [7, 11) is 0. The molecule has 10 aromatic rings. The molecule has 4 aliphatic rings. The Hall–Kier alpha value is -6.76. The zero-order chi connectivity index (χ0) is 34.8. The predicted octanol–water partition coefficient (Wildman–Crippen LogP) is 14.7. The van der Waals surface area contributed by atoms with E-state index in [0.717, 1.165) is 12.8 Å². The first kappa shape index (κ1) is 27.8. The average Bonchev–Trinajstić information content (AvgIpc) is 3.98. The molecule has 4 aliphatic carbocycles. The highest BCUT2D eigenvalue weighted by atomic mass is 14.4. The molecule has 0 saturated carbocycles. The molecule has 246 valence electrons. The topological polar surface area (TPSA) is 0 Å². The fraction of sp³-hybridized carbons (Fsp3) is 0.0370. The van der Waals surface area contributed by atoms with Crippen molar-refractivity contribution in [3.05, 3.63) is 169 Å². The molecule has 0 amide bonds. The fourth-order valence-corrected chi connectivity index (χ4v) is 11.3. The molecular weight excluding hydrogens is 649 g/mol. The van der Waals surface area contributed by atoms with E-state index in [4.69, 9.17) is 0 Å². The molecule has 0 aliphatic heterocycles. The normalized spacial score (nSPS) is 13.4. The van der Waals surface area contributed by atoms with Gasteiger partial charge in [-0.05, 0) is 156 Å². The predicted molar refractivity (Wildman–Crippen MR) is 228 cm³/mol. The van der Waals surface area contributed by atoms with Crippen molar-refractivity contribution in [1.82, 2.24) is 0 Å². The molecule has 0 atom stereocenters. The van der Waals surface area contributed by atoms with E-state index in [-0.39, 0.29) is 0 Å². The second-order valence-electron chi connectivity index (χ2n) is 15.7. The van der Waals surface area contributed by atoms with Gasteiger partial charge in [0.05, 0.1) is 0 Å². The highest BCUT2D eigenvalue weighted by Crippen LogP contribution is 2.61. The third kappa shape index (κ3) is 3.17. The molecule has 0 unspecified atom stereocenters. The first-order valence-corrected chi connectivity index (χ1v) is 19.3. The van der Waals surface area contributed by atoms with Crippen molar-refractivity contribution < 1.29 is 0 Å². The molecule has 10 aromatic carbocycles. The van der Waals surface area contributed by atoms with Crippen molar-refractivity contribution in [1.29, 1.82) is 0 Å². The number of benzene rings is 10. The summed E-state index contributed by atoms with van der Waals surface area (Å²) in [5.74, 6) is 0. The quantitative estimate of drug-likeness (QED) is 0.171. The molecule has 0 radical (unpaired) electrons. The first-order valence-electron chi connectivity index (χ1n) is 19.3. The second-order valence-corrected chi connectivity index (χ2v) is 15.7. The van der Waals surface area contributed by atoms with Crippen molar-refractivity contribution in [2.45, 2.75) is 12.8 Å². The largest absolute Gasteiger partial charge is 0.0616 e. The van der Waals surface area contributed by atoms with Crippen LogP contribution in [-0.2, 0) is 12.8 Å². The van der Waals surface area contributed by atoms with Crippen LogP contribution in [0, 0.1) is 0 Å². The van der Waals surface area contributed by atoms with Gasteiger partial charge in [-0.2, -0.15) is 0 Å². The number of hydrogen-bond acceptors (Lipinski definition) is 0. The van der Waals surface area contributed by atoms with Gasteiger partial charge < -0.3 is 0 Å². The number of fused-ring (bicyclic) bond motifs is 10. The Balaban J connectivity index is 1.17. The molecule has 0 heteroatoms. The Kier molecular flexibility index (Phi) is 4.95. The van der Waals surface area contributed by atoms with E-state index in [0.29, 0.717) is 0 Å². The SMILES string of the molecule is c1ccc2c(c1)-c1cccc3c(-c4c5c(c(-c6ccc7c8c(cccc68)-c6ccccc6-7)c6ccccc46)-c4ccc6c7c(ccc-5c47)CC6)ccc-2c13. The van der Waals surface area contributed by atoms with Crippen LogP contribution in [0.5, 0.6) is 0 Å². The van der Waals surface area contributed by atoms with Crippen molar-refractivity contribution in [2.75, 3.05) is 0 Å². The Morgan fingerprint density at radius 2 is 0.556 bits per heavy atom. The summed E-state index contributed by atoms with van der Waals surface area (Å²) in [6.07, 6.45) is 2.25. The van der Waals surface area contributed by atoms with Gasteiger partial charge in [0.15, 0.2) is 0 Å². The summed E-state index contributed by atoms with van der Waals surface area (Å²) in [5.41, 5.74) is 24.6. The van der Waals surface area contributed by atoms with Crippen LogP contribution in [0.2, 0.25) is 0 Å². The third-order valence-electron chi connectivity index (χ3n) is 13.4. The fourth-order valence-electron chi connectivity index (χ4n) is 11.3. The second kappa shape index (κ2) is 9.61. The highest BCUT2D eigenvalue weighted by molar-refractivity contribution is 6.32. The third-order valence-corrected chi connectivity index (χ3v) is 13.4. The minimum Gasteiger partial charge on any atom is -0.0616 e. The van der Waals surface area contributed by atoms with Crippen LogP contribution in [0.3, 0.4) is 0 Å².